The van der Waals surface area contributed by atoms with E-state index in [4.69, 9.17) is 4.74 Å². The topological polar surface area (TPSA) is 21.3 Å². The van der Waals surface area contributed by atoms with Crippen LogP contribution < -0.4 is 10.1 Å². The largest absolute Gasteiger partial charge is 0.492 e. The molecule has 1 aliphatic carbocycles. The van der Waals surface area contributed by atoms with E-state index in [0.717, 1.165) is 24.8 Å². The van der Waals surface area contributed by atoms with Gasteiger partial charge in [-0.05, 0) is 24.8 Å². The normalized spacial score (nSPS) is 26.1. The summed E-state index contributed by atoms with van der Waals surface area (Å²) >= 11 is 0. The Hall–Kier alpha value is -1.02. The van der Waals surface area contributed by atoms with Gasteiger partial charge in [0.1, 0.15) is 12.4 Å². The molecule has 0 bridgehead atoms. The van der Waals surface area contributed by atoms with Crippen LogP contribution in [0.25, 0.3) is 0 Å². The molecular weight excluding hydrogens is 174 g/mol. The van der Waals surface area contributed by atoms with Gasteiger partial charge in [0.15, 0.2) is 0 Å². The van der Waals surface area contributed by atoms with Crippen molar-refractivity contribution >= 4 is 0 Å². The van der Waals surface area contributed by atoms with E-state index < -0.39 is 0 Å². The third-order valence-corrected chi connectivity index (χ3v) is 3.07. The molecule has 2 heteroatoms. The smallest absolute Gasteiger partial charge is 0.124 e. The molecule has 2 aliphatic rings. The molecular formula is C12H15NO. The fourth-order valence-corrected chi connectivity index (χ4v) is 2.20. The Balaban J connectivity index is 1.99. The van der Waals surface area contributed by atoms with Crippen LogP contribution in [0, 0.1) is 5.92 Å². The summed E-state index contributed by atoms with van der Waals surface area (Å²) in [5.41, 5.74) is 1.35. The summed E-state index contributed by atoms with van der Waals surface area (Å²) in [6.45, 7) is 1.76. The van der Waals surface area contributed by atoms with E-state index >= 15 is 0 Å². The van der Waals surface area contributed by atoms with E-state index in [1.807, 2.05) is 6.07 Å². The molecule has 1 aromatic carbocycles. The molecule has 0 amide bonds. The fraction of sp³-hybridized carbons (Fsp3) is 0.500. The second kappa shape index (κ2) is 3.28. The lowest BCUT2D eigenvalue weighted by Crippen LogP contribution is -2.24. The summed E-state index contributed by atoms with van der Waals surface area (Å²) in [5, 5.41) is 3.57. The summed E-state index contributed by atoms with van der Waals surface area (Å²) in [6, 6.07) is 8.96. The highest BCUT2D eigenvalue weighted by molar-refractivity contribution is 5.37. The highest BCUT2D eigenvalue weighted by atomic mass is 16.5. The van der Waals surface area contributed by atoms with Crippen molar-refractivity contribution in [2.24, 2.45) is 5.92 Å². The van der Waals surface area contributed by atoms with Crippen LogP contribution in [0.3, 0.4) is 0 Å². The van der Waals surface area contributed by atoms with Crippen LogP contribution in [0.4, 0.5) is 0 Å². The maximum atomic E-state index is 5.69. The van der Waals surface area contributed by atoms with Crippen LogP contribution in [0.2, 0.25) is 0 Å². The molecule has 0 radical (unpaired) electrons. The lowest BCUT2D eigenvalue weighted by atomic mass is 10.0. The van der Waals surface area contributed by atoms with Gasteiger partial charge in [0, 0.05) is 18.2 Å². The average Bonchev–Trinajstić information content (AvgIpc) is 3.03. The van der Waals surface area contributed by atoms with Crippen molar-refractivity contribution in [3.8, 4) is 5.75 Å². The Morgan fingerprint density at radius 2 is 2.07 bits per heavy atom. The van der Waals surface area contributed by atoms with Crippen molar-refractivity contribution < 1.29 is 4.74 Å². The third-order valence-electron chi connectivity index (χ3n) is 3.07. The zero-order chi connectivity index (χ0) is 9.38. The van der Waals surface area contributed by atoms with Gasteiger partial charge in [-0.2, -0.15) is 0 Å². The van der Waals surface area contributed by atoms with E-state index in [1.54, 1.807) is 0 Å². The third kappa shape index (κ3) is 1.40. The quantitative estimate of drug-likeness (QED) is 0.730. The van der Waals surface area contributed by atoms with Gasteiger partial charge in [0.05, 0.1) is 0 Å². The Morgan fingerprint density at radius 1 is 1.21 bits per heavy atom. The number of hydrogen-bond acceptors (Lipinski definition) is 2. The maximum Gasteiger partial charge on any atom is 0.124 e. The number of para-hydroxylation sites is 1. The zero-order valence-corrected chi connectivity index (χ0v) is 8.20. The number of ether oxygens (including phenoxy) is 1. The van der Waals surface area contributed by atoms with Crippen molar-refractivity contribution in [1.82, 2.24) is 5.32 Å². The summed E-state index contributed by atoms with van der Waals surface area (Å²) in [6.07, 6.45) is 2.73. The van der Waals surface area contributed by atoms with Crippen molar-refractivity contribution in [3.63, 3.8) is 0 Å². The summed E-state index contributed by atoms with van der Waals surface area (Å²) in [5.74, 6) is 1.92. The van der Waals surface area contributed by atoms with Crippen LogP contribution in [0.1, 0.15) is 24.4 Å². The lowest BCUT2D eigenvalue weighted by Gasteiger charge is -2.16. The van der Waals surface area contributed by atoms with Crippen LogP contribution in [0.15, 0.2) is 24.3 Å². The SMILES string of the molecule is c1ccc2c(c1)OCCNC2C1CC1. The summed E-state index contributed by atoms with van der Waals surface area (Å²) in [4.78, 5) is 0. The minimum atomic E-state index is 0.536. The Kier molecular flexibility index (Phi) is 1.95. The molecule has 1 N–H and O–H groups in total. The molecule has 1 atom stereocenters. The molecule has 0 aromatic heterocycles. The van der Waals surface area contributed by atoms with Gasteiger partial charge in [-0.25, -0.2) is 0 Å². The maximum absolute atomic E-state index is 5.69. The Labute approximate surface area is 84.3 Å². The number of hydrogen-bond donors (Lipinski definition) is 1. The zero-order valence-electron chi connectivity index (χ0n) is 8.20. The molecule has 1 aliphatic heterocycles. The van der Waals surface area contributed by atoms with E-state index in [2.05, 4.69) is 23.5 Å². The highest BCUT2D eigenvalue weighted by Gasteiger charge is 2.34. The molecule has 14 heavy (non-hydrogen) atoms. The van der Waals surface area contributed by atoms with Crippen molar-refractivity contribution in [3.05, 3.63) is 29.8 Å². The molecule has 74 valence electrons. The van der Waals surface area contributed by atoms with Gasteiger partial charge in [-0.3, -0.25) is 0 Å². The predicted octanol–water partition coefficient (Wildman–Crippen LogP) is 2.12. The van der Waals surface area contributed by atoms with Gasteiger partial charge < -0.3 is 10.1 Å². The molecule has 1 saturated carbocycles. The molecule has 1 unspecified atom stereocenters. The van der Waals surface area contributed by atoms with E-state index in [9.17, 15) is 0 Å². The summed E-state index contributed by atoms with van der Waals surface area (Å²) in [7, 11) is 0. The second-order valence-corrected chi connectivity index (χ2v) is 4.16. The number of benzene rings is 1. The number of fused-ring (bicyclic) bond motifs is 1. The van der Waals surface area contributed by atoms with Gasteiger partial charge >= 0.3 is 0 Å². The van der Waals surface area contributed by atoms with Gasteiger partial charge in [-0.1, -0.05) is 18.2 Å². The van der Waals surface area contributed by atoms with E-state index in [1.165, 1.54) is 18.4 Å². The standard InChI is InChI=1S/C12H15NO/c1-2-4-11-10(3-1)12(9-5-6-9)13-7-8-14-11/h1-4,9,12-13H,5-8H2. The first kappa shape index (κ1) is 8.30. The molecule has 1 heterocycles. The van der Waals surface area contributed by atoms with Gasteiger partial charge in [0.2, 0.25) is 0 Å². The molecule has 3 rings (SSSR count). The van der Waals surface area contributed by atoms with Gasteiger partial charge in [0.25, 0.3) is 0 Å². The fourth-order valence-electron chi connectivity index (χ4n) is 2.20. The first-order valence-electron chi connectivity index (χ1n) is 5.40. The van der Waals surface area contributed by atoms with E-state index in [-0.39, 0.29) is 0 Å². The minimum Gasteiger partial charge on any atom is -0.492 e. The van der Waals surface area contributed by atoms with Crippen molar-refractivity contribution in [2.75, 3.05) is 13.2 Å². The van der Waals surface area contributed by atoms with Crippen LogP contribution in [0.5, 0.6) is 5.75 Å². The lowest BCUT2D eigenvalue weighted by molar-refractivity contribution is 0.323. The molecule has 0 spiro atoms. The van der Waals surface area contributed by atoms with Crippen LogP contribution in [-0.2, 0) is 0 Å². The summed E-state index contributed by atoms with van der Waals surface area (Å²) < 4.78 is 5.69. The van der Waals surface area contributed by atoms with Crippen LogP contribution >= 0.6 is 0 Å². The number of rotatable bonds is 1. The number of nitrogens with one attached hydrogen (secondary N) is 1. The monoisotopic (exact) mass is 189 g/mol. The Bertz CT molecular complexity index is 333. The first-order valence-corrected chi connectivity index (χ1v) is 5.40. The highest BCUT2D eigenvalue weighted by Crippen LogP contribution is 2.44. The molecule has 0 saturated heterocycles. The van der Waals surface area contributed by atoms with Crippen molar-refractivity contribution in [1.29, 1.82) is 0 Å². The minimum absolute atomic E-state index is 0.536. The van der Waals surface area contributed by atoms with Crippen molar-refractivity contribution in [2.45, 2.75) is 18.9 Å². The molecule has 1 fully saturated rings. The predicted molar refractivity (Wildman–Crippen MR) is 55.4 cm³/mol. The molecule has 1 aromatic rings. The first-order chi connectivity index (χ1) is 6.95. The van der Waals surface area contributed by atoms with Gasteiger partial charge in [-0.15, -0.1) is 0 Å². The van der Waals surface area contributed by atoms with E-state index in [0.29, 0.717) is 6.04 Å². The molecule has 2 nitrogen and oxygen atoms in total. The Morgan fingerprint density at radius 3 is 2.93 bits per heavy atom. The average molecular weight is 189 g/mol. The van der Waals surface area contributed by atoms with Crippen LogP contribution in [-0.4, -0.2) is 13.2 Å². The second-order valence-electron chi connectivity index (χ2n) is 4.16.